The van der Waals surface area contributed by atoms with Crippen molar-refractivity contribution in [1.29, 1.82) is 0 Å². The van der Waals surface area contributed by atoms with Gasteiger partial charge in [-0.15, -0.1) is 0 Å². The summed E-state index contributed by atoms with van der Waals surface area (Å²) in [6.07, 6.45) is 2.70. The Labute approximate surface area is 270 Å². The van der Waals surface area contributed by atoms with E-state index in [9.17, 15) is 0 Å². The molecule has 1 N–H and O–H groups in total. The fourth-order valence-electron chi connectivity index (χ4n) is 7.18. The molecule has 0 radical (unpaired) electrons. The summed E-state index contributed by atoms with van der Waals surface area (Å²) in [6.45, 7) is 3.97. The number of fused-ring (bicyclic) bond motifs is 5. The lowest BCUT2D eigenvalue weighted by molar-refractivity contribution is 0.581. The molecule has 0 saturated carbocycles. The van der Waals surface area contributed by atoms with Gasteiger partial charge in [-0.3, -0.25) is 0 Å². The number of para-hydroxylation sites is 2. The number of benzene rings is 7. The molecule has 1 atom stereocenters. The molecule has 0 aliphatic heterocycles. The molecule has 46 heavy (non-hydrogen) atoms. The minimum atomic E-state index is -0.462. The highest BCUT2D eigenvalue weighted by Gasteiger charge is 2.41. The summed E-state index contributed by atoms with van der Waals surface area (Å²) in [5.41, 5.74) is 11.5. The smallest absolute Gasteiger partial charge is 0.0926 e. The zero-order chi connectivity index (χ0) is 30.9. The second-order valence-electron chi connectivity index (χ2n) is 11.9. The molecule has 1 aliphatic rings. The Morgan fingerprint density at radius 1 is 0.565 bits per heavy atom. The molecule has 0 heterocycles. The van der Waals surface area contributed by atoms with Crippen molar-refractivity contribution in [2.45, 2.75) is 12.0 Å². The van der Waals surface area contributed by atoms with Crippen LogP contribution in [0.5, 0.6) is 0 Å². The lowest BCUT2D eigenvalue weighted by atomic mass is 9.68. The van der Waals surface area contributed by atoms with Crippen LogP contribution in [0, 0.1) is 0 Å². The maximum atomic E-state index is 4.05. The molecule has 1 aliphatic carbocycles. The highest BCUT2D eigenvalue weighted by molar-refractivity contribution is 6.05. The fourth-order valence-corrected chi connectivity index (χ4v) is 7.18. The van der Waals surface area contributed by atoms with Crippen molar-refractivity contribution in [1.82, 2.24) is 0 Å². The molecule has 2 heteroatoms. The first kappa shape index (κ1) is 27.7. The van der Waals surface area contributed by atoms with Gasteiger partial charge >= 0.3 is 0 Å². The maximum Gasteiger partial charge on any atom is 0.0926 e. The standard InChI is InChI=1S/C44H34N2/c1-2-32-26-28-36(29-27-32)46(35-20-10-5-11-21-35)43-30-40-38-23-14-15-25-42(38)44(33-16-6-3-7-17-33,45-34-18-8-4-9-19-34)31-41(40)37-22-12-13-24-39(37)43/h2-30,45H,1,31H2. The lowest BCUT2D eigenvalue weighted by Gasteiger charge is -2.43. The summed E-state index contributed by atoms with van der Waals surface area (Å²) in [7, 11) is 0. The van der Waals surface area contributed by atoms with E-state index in [1.165, 1.54) is 38.6 Å². The second-order valence-corrected chi connectivity index (χ2v) is 11.9. The van der Waals surface area contributed by atoms with Crippen LogP contribution in [0.2, 0.25) is 0 Å². The Kier molecular flexibility index (Phi) is 6.96. The average Bonchev–Trinajstić information content (AvgIpc) is 3.13. The summed E-state index contributed by atoms with van der Waals surface area (Å²) in [4.78, 5) is 2.39. The van der Waals surface area contributed by atoms with Crippen molar-refractivity contribution >= 4 is 39.6 Å². The average molecular weight is 591 g/mol. The van der Waals surface area contributed by atoms with Gasteiger partial charge in [-0.05, 0) is 81.2 Å². The van der Waals surface area contributed by atoms with Gasteiger partial charge in [-0.25, -0.2) is 0 Å². The molecule has 7 aromatic rings. The molecule has 1 unspecified atom stereocenters. The minimum absolute atomic E-state index is 0.462. The maximum absolute atomic E-state index is 4.05. The summed E-state index contributed by atoms with van der Waals surface area (Å²) in [5.74, 6) is 0. The van der Waals surface area contributed by atoms with Crippen LogP contribution in [-0.4, -0.2) is 0 Å². The van der Waals surface area contributed by atoms with Gasteiger partial charge in [0.15, 0.2) is 0 Å². The highest BCUT2D eigenvalue weighted by Crippen LogP contribution is 2.52. The van der Waals surface area contributed by atoms with Crippen LogP contribution in [-0.2, 0) is 12.0 Å². The van der Waals surface area contributed by atoms with E-state index in [0.717, 1.165) is 34.7 Å². The number of hydrogen-bond acceptors (Lipinski definition) is 2. The molecule has 0 aromatic heterocycles. The number of nitrogens with one attached hydrogen (secondary N) is 1. The van der Waals surface area contributed by atoms with Crippen LogP contribution in [0.3, 0.4) is 0 Å². The molecule has 0 bridgehead atoms. The van der Waals surface area contributed by atoms with E-state index in [4.69, 9.17) is 0 Å². The molecular formula is C44H34N2. The predicted octanol–water partition coefficient (Wildman–Crippen LogP) is 11.5. The van der Waals surface area contributed by atoms with Gasteiger partial charge in [0.05, 0.1) is 11.2 Å². The van der Waals surface area contributed by atoms with Gasteiger partial charge in [0.2, 0.25) is 0 Å². The van der Waals surface area contributed by atoms with Crippen LogP contribution in [0.1, 0.15) is 22.3 Å². The van der Waals surface area contributed by atoms with Gasteiger partial charge in [-0.2, -0.15) is 0 Å². The lowest BCUT2D eigenvalue weighted by Crippen LogP contribution is -2.41. The Hall–Kier alpha value is -5.86. The third-order valence-electron chi connectivity index (χ3n) is 9.29. The number of rotatable bonds is 7. The second kappa shape index (κ2) is 11.6. The summed E-state index contributed by atoms with van der Waals surface area (Å²) in [6, 6.07) is 61.1. The van der Waals surface area contributed by atoms with Crippen LogP contribution in [0.25, 0.3) is 28.0 Å². The summed E-state index contributed by atoms with van der Waals surface area (Å²) < 4.78 is 0. The molecular weight excluding hydrogens is 556 g/mol. The molecule has 0 fully saturated rings. The summed E-state index contributed by atoms with van der Waals surface area (Å²) >= 11 is 0. The molecule has 0 spiro atoms. The number of hydrogen-bond donors (Lipinski definition) is 1. The highest BCUT2D eigenvalue weighted by atomic mass is 15.1. The van der Waals surface area contributed by atoms with E-state index >= 15 is 0 Å². The molecule has 220 valence electrons. The van der Waals surface area contributed by atoms with Gasteiger partial charge in [0, 0.05) is 28.9 Å². The van der Waals surface area contributed by atoms with Crippen molar-refractivity contribution in [3.8, 4) is 11.1 Å². The van der Waals surface area contributed by atoms with E-state index in [-0.39, 0.29) is 0 Å². The van der Waals surface area contributed by atoms with Crippen LogP contribution < -0.4 is 10.2 Å². The third kappa shape index (κ3) is 4.67. The fraction of sp³-hybridized carbons (Fsp3) is 0.0455. The van der Waals surface area contributed by atoms with E-state index in [2.05, 4.69) is 187 Å². The zero-order valence-electron chi connectivity index (χ0n) is 25.6. The van der Waals surface area contributed by atoms with E-state index in [0.29, 0.717) is 0 Å². The molecule has 2 nitrogen and oxygen atoms in total. The van der Waals surface area contributed by atoms with E-state index in [1.807, 2.05) is 6.08 Å². The molecule has 0 saturated heterocycles. The number of anilines is 4. The van der Waals surface area contributed by atoms with Crippen LogP contribution >= 0.6 is 0 Å². The van der Waals surface area contributed by atoms with E-state index < -0.39 is 5.54 Å². The van der Waals surface area contributed by atoms with Gasteiger partial charge in [0.25, 0.3) is 0 Å². The van der Waals surface area contributed by atoms with Crippen molar-refractivity contribution in [2.24, 2.45) is 0 Å². The third-order valence-corrected chi connectivity index (χ3v) is 9.29. The molecule has 7 aromatic carbocycles. The van der Waals surface area contributed by atoms with Crippen molar-refractivity contribution < 1.29 is 0 Å². The van der Waals surface area contributed by atoms with Gasteiger partial charge in [-0.1, -0.05) is 140 Å². The Morgan fingerprint density at radius 3 is 1.87 bits per heavy atom. The van der Waals surface area contributed by atoms with Gasteiger partial charge in [0.1, 0.15) is 0 Å². The normalized spacial score (nSPS) is 15.0. The topological polar surface area (TPSA) is 15.3 Å². The monoisotopic (exact) mass is 590 g/mol. The minimum Gasteiger partial charge on any atom is -0.371 e. The summed E-state index contributed by atoms with van der Waals surface area (Å²) in [5, 5.41) is 6.54. The van der Waals surface area contributed by atoms with Crippen LogP contribution in [0.4, 0.5) is 22.7 Å². The Bertz CT molecular complexity index is 2150. The quantitative estimate of drug-likeness (QED) is 0.199. The zero-order valence-corrected chi connectivity index (χ0v) is 25.6. The first-order chi connectivity index (χ1) is 22.7. The molecule has 0 amide bonds. The Balaban J connectivity index is 1.41. The van der Waals surface area contributed by atoms with Crippen LogP contribution in [0.15, 0.2) is 176 Å². The predicted molar refractivity (Wildman–Crippen MR) is 195 cm³/mol. The SMILES string of the molecule is C=Cc1ccc(N(c2ccccc2)c2cc3c(c4ccccc24)CC(Nc2ccccc2)(c2ccccc2)c2ccccc2-3)cc1. The van der Waals surface area contributed by atoms with Gasteiger partial charge < -0.3 is 10.2 Å². The number of nitrogens with zero attached hydrogens (tertiary/aromatic N) is 1. The van der Waals surface area contributed by atoms with E-state index in [1.54, 1.807) is 0 Å². The first-order valence-electron chi connectivity index (χ1n) is 15.9. The Morgan fingerprint density at radius 2 is 1.15 bits per heavy atom. The van der Waals surface area contributed by atoms with Crippen molar-refractivity contribution in [3.63, 3.8) is 0 Å². The first-order valence-corrected chi connectivity index (χ1v) is 15.9. The van der Waals surface area contributed by atoms with Crippen molar-refractivity contribution in [3.05, 3.63) is 199 Å². The largest absolute Gasteiger partial charge is 0.371 e. The van der Waals surface area contributed by atoms with Crippen molar-refractivity contribution in [2.75, 3.05) is 10.2 Å². The molecule has 8 rings (SSSR count).